The molecule has 0 atom stereocenters. The van der Waals surface area contributed by atoms with Crippen LogP contribution in [0.3, 0.4) is 0 Å². The largest absolute Gasteiger partial charge is 0.368 e. The number of rotatable bonds is 6. The summed E-state index contributed by atoms with van der Waals surface area (Å²) in [6.45, 7) is -0.139. The van der Waals surface area contributed by atoms with Gasteiger partial charge < -0.3 is 16.4 Å². The number of nitrogens with one attached hydrogen (secondary N) is 2. The number of halogens is 1. The van der Waals surface area contributed by atoms with Crippen LogP contribution in [-0.4, -0.2) is 38.2 Å². The predicted octanol–water partition coefficient (Wildman–Crippen LogP) is 0.697. The van der Waals surface area contributed by atoms with Gasteiger partial charge in [0.25, 0.3) is 0 Å². The van der Waals surface area contributed by atoms with E-state index in [2.05, 4.69) is 10.6 Å². The van der Waals surface area contributed by atoms with E-state index in [-0.39, 0.29) is 17.2 Å². The second-order valence-electron chi connectivity index (χ2n) is 5.81. The summed E-state index contributed by atoms with van der Waals surface area (Å²) in [7, 11) is -3.63. The third-order valence-electron chi connectivity index (χ3n) is 4.11. The molecular weight excluding hydrogens is 337 g/mol. The first-order valence-electron chi connectivity index (χ1n) is 7.59. The Kier molecular flexibility index (Phi) is 5.43. The fourth-order valence-electron chi connectivity index (χ4n) is 2.73. The molecule has 7 nitrogen and oxygen atoms in total. The number of sulfone groups is 1. The molecule has 2 rings (SSSR count). The summed E-state index contributed by atoms with van der Waals surface area (Å²) < 4.78 is 37.0. The molecule has 1 aliphatic carbocycles. The minimum atomic E-state index is -3.63. The molecule has 0 bridgehead atoms. The second kappa shape index (κ2) is 7.16. The molecule has 0 saturated heterocycles. The van der Waals surface area contributed by atoms with E-state index in [9.17, 15) is 22.4 Å². The van der Waals surface area contributed by atoms with Crippen LogP contribution in [0, 0.1) is 5.82 Å². The van der Waals surface area contributed by atoms with Crippen molar-refractivity contribution >= 4 is 21.8 Å². The zero-order valence-corrected chi connectivity index (χ0v) is 13.9. The van der Waals surface area contributed by atoms with Crippen molar-refractivity contribution in [3.63, 3.8) is 0 Å². The van der Waals surface area contributed by atoms with Crippen molar-refractivity contribution in [3.8, 4) is 0 Å². The summed E-state index contributed by atoms with van der Waals surface area (Å²) in [6.07, 6.45) is 2.54. The fraction of sp³-hybridized carbons (Fsp3) is 0.467. The number of carbonyl (C=O) groups is 2. The predicted molar refractivity (Wildman–Crippen MR) is 85.4 cm³/mol. The molecular formula is C15H20FN3O4S. The van der Waals surface area contributed by atoms with Gasteiger partial charge in [-0.2, -0.15) is 0 Å². The summed E-state index contributed by atoms with van der Waals surface area (Å²) >= 11 is 0. The molecule has 132 valence electrons. The topological polar surface area (TPSA) is 118 Å². The van der Waals surface area contributed by atoms with Crippen molar-refractivity contribution in [2.45, 2.75) is 36.1 Å². The normalized spacial score (nSPS) is 16.5. The molecule has 1 aromatic rings. The maximum atomic E-state index is 12.8. The Morgan fingerprint density at radius 2 is 1.75 bits per heavy atom. The highest BCUT2D eigenvalue weighted by Crippen LogP contribution is 2.29. The molecule has 4 N–H and O–H groups in total. The van der Waals surface area contributed by atoms with E-state index in [1.54, 1.807) is 0 Å². The van der Waals surface area contributed by atoms with Crippen LogP contribution in [0.15, 0.2) is 29.2 Å². The van der Waals surface area contributed by atoms with Gasteiger partial charge in [-0.1, -0.05) is 12.8 Å². The molecule has 1 fully saturated rings. The van der Waals surface area contributed by atoms with Gasteiger partial charge in [0, 0.05) is 6.54 Å². The molecule has 3 amide bonds. The smallest absolute Gasteiger partial charge is 0.315 e. The molecule has 0 heterocycles. The van der Waals surface area contributed by atoms with E-state index in [4.69, 9.17) is 5.73 Å². The van der Waals surface area contributed by atoms with Gasteiger partial charge in [0.15, 0.2) is 9.84 Å². The SMILES string of the molecule is NC(=O)C1(NC(=O)NCCS(=O)(=O)c2ccc(F)cc2)CCCC1. The lowest BCUT2D eigenvalue weighted by molar-refractivity contribution is -0.123. The molecule has 0 aliphatic heterocycles. The van der Waals surface area contributed by atoms with Crippen LogP contribution in [0.2, 0.25) is 0 Å². The Labute approximate surface area is 139 Å². The summed E-state index contributed by atoms with van der Waals surface area (Å²) in [5.74, 6) is -1.45. The van der Waals surface area contributed by atoms with Gasteiger partial charge in [0.1, 0.15) is 11.4 Å². The lowest BCUT2D eigenvalue weighted by Gasteiger charge is -2.26. The van der Waals surface area contributed by atoms with E-state index in [0.29, 0.717) is 12.8 Å². The molecule has 0 radical (unpaired) electrons. The molecule has 1 aliphatic rings. The Morgan fingerprint density at radius 1 is 1.17 bits per heavy atom. The van der Waals surface area contributed by atoms with Crippen molar-refractivity contribution in [1.82, 2.24) is 10.6 Å². The van der Waals surface area contributed by atoms with E-state index in [1.807, 2.05) is 0 Å². The maximum Gasteiger partial charge on any atom is 0.315 e. The lowest BCUT2D eigenvalue weighted by atomic mass is 9.97. The molecule has 1 aromatic carbocycles. The van der Waals surface area contributed by atoms with E-state index in [1.165, 1.54) is 12.1 Å². The number of primary amides is 1. The first kappa shape index (κ1) is 18.2. The first-order valence-corrected chi connectivity index (χ1v) is 9.25. The van der Waals surface area contributed by atoms with Crippen LogP contribution in [0.1, 0.15) is 25.7 Å². The van der Waals surface area contributed by atoms with Gasteiger partial charge in [-0.3, -0.25) is 4.79 Å². The number of hydrogen-bond acceptors (Lipinski definition) is 4. The lowest BCUT2D eigenvalue weighted by Crippen LogP contribution is -2.58. The molecule has 9 heteroatoms. The third kappa shape index (κ3) is 4.22. The number of amides is 3. The highest BCUT2D eigenvalue weighted by molar-refractivity contribution is 7.91. The van der Waals surface area contributed by atoms with E-state index in [0.717, 1.165) is 25.0 Å². The number of benzene rings is 1. The Balaban J connectivity index is 1.88. The maximum absolute atomic E-state index is 12.8. The Morgan fingerprint density at radius 3 is 2.29 bits per heavy atom. The monoisotopic (exact) mass is 357 g/mol. The van der Waals surface area contributed by atoms with Crippen molar-refractivity contribution in [1.29, 1.82) is 0 Å². The quantitative estimate of drug-likeness (QED) is 0.649. The van der Waals surface area contributed by atoms with E-state index >= 15 is 0 Å². The van der Waals surface area contributed by atoms with Crippen molar-refractivity contribution in [2.24, 2.45) is 5.73 Å². The summed E-state index contributed by atoms with van der Waals surface area (Å²) in [5, 5.41) is 4.97. The summed E-state index contributed by atoms with van der Waals surface area (Å²) in [5.41, 5.74) is 4.30. The fourth-order valence-corrected chi connectivity index (χ4v) is 3.89. The minimum absolute atomic E-state index is 0.0180. The van der Waals surface area contributed by atoms with E-state index < -0.39 is 33.1 Å². The summed E-state index contributed by atoms with van der Waals surface area (Å²) in [6, 6.07) is 3.83. The standard InChI is InChI=1S/C15H20FN3O4S/c16-11-3-5-12(6-4-11)24(22,23)10-9-18-14(21)19-15(13(17)20)7-1-2-8-15/h3-6H,1-2,7-10H2,(H2,17,20)(H2,18,19,21). The number of carbonyl (C=O) groups excluding carboxylic acids is 2. The van der Waals surface area contributed by atoms with Gasteiger partial charge in [-0.25, -0.2) is 17.6 Å². The zero-order valence-electron chi connectivity index (χ0n) is 13.0. The van der Waals surface area contributed by atoms with Gasteiger partial charge in [0.05, 0.1) is 10.6 Å². The number of nitrogens with two attached hydrogens (primary N) is 1. The Hall–Kier alpha value is -2.16. The average Bonchev–Trinajstić information content (AvgIpc) is 2.97. The molecule has 0 spiro atoms. The zero-order chi connectivity index (χ0) is 17.8. The highest BCUT2D eigenvalue weighted by atomic mass is 32.2. The van der Waals surface area contributed by atoms with Gasteiger partial charge >= 0.3 is 6.03 Å². The molecule has 0 aromatic heterocycles. The van der Waals surface area contributed by atoms with Gasteiger partial charge in [0.2, 0.25) is 5.91 Å². The summed E-state index contributed by atoms with van der Waals surface area (Å²) in [4.78, 5) is 23.4. The molecule has 0 unspecified atom stereocenters. The van der Waals surface area contributed by atoms with Crippen molar-refractivity contribution < 1.29 is 22.4 Å². The van der Waals surface area contributed by atoms with Crippen LogP contribution in [-0.2, 0) is 14.6 Å². The highest BCUT2D eigenvalue weighted by Gasteiger charge is 2.40. The van der Waals surface area contributed by atoms with Gasteiger partial charge in [-0.05, 0) is 37.1 Å². The second-order valence-corrected chi connectivity index (χ2v) is 7.92. The van der Waals surface area contributed by atoms with Gasteiger partial charge in [-0.15, -0.1) is 0 Å². The number of hydrogen-bond donors (Lipinski definition) is 3. The number of urea groups is 1. The molecule has 1 saturated carbocycles. The average molecular weight is 357 g/mol. The minimum Gasteiger partial charge on any atom is -0.368 e. The van der Waals surface area contributed by atoms with Crippen LogP contribution >= 0.6 is 0 Å². The third-order valence-corrected chi connectivity index (χ3v) is 5.84. The van der Waals surface area contributed by atoms with Crippen molar-refractivity contribution in [2.75, 3.05) is 12.3 Å². The Bertz CT molecular complexity index is 713. The first-order chi connectivity index (χ1) is 11.3. The van der Waals surface area contributed by atoms with Crippen LogP contribution in [0.25, 0.3) is 0 Å². The van der Waals surface area contributed by atoms with Crippen LogP contribution < -0.4 is 16.4 Å². The van der Waals surface area contributed by atoms with Crippen molar-refractivity contribution in [3.05, 3.63) is 30.1 Å². The molecule has 24 heavy (non-hydrogen) atoms. The van der Waals surface area contributed by atoms with Crippen LogP contribution in [0.4, 0.5) is 9.18 Å². The van der Waals surface area contributed by atoms with Crippen LogP contribution in [0.5, 0.6) is 0 Å².